The van der Waals surface area contributed by atoms with Gasteiger partial charge in [0.2, 0.25) is 0 Å². The minimum Gasteiger partial charge on any atom is -0.495 e. The SMILES string of the molecule is CCCc1cc(OCC)c2c(c1OC)S(=O)(=O)NC2=O.N. The first kappa shape index (κ1) is 17.3. The van der Waals surface area contributed by atoms with Crippen LogP contribution in [0.15, 0.2) is 11.0 Å². The van der Waals surface area contributed by atoms with E-state index in [4.69, 9.17) is 9.47 Å². The van der Waals surface area contributed by atoms with Crippen molar-refractivity contribution in [3.8, 4) is 11.5 Å². The third-order valence-corrected chi connectivity index (χ3v) is 4.40. The van der Waals surface area contributed by atoms with Crippen LogP contribution in [0, 0.1) is 0 Å². The number of hydrogen-bond acceptors (Lipinski definition) is 6. The van der Waals surface area contributed by atoms with E-state index < -0.39 is 15.9 Å². The number of carbonyl (C=O) groups excluding carboxylic acids is 1. The van der Waals surface area contributed by atoms with Gasteiger partial charge in [-0.15, -0.1) is 0 Å². The van der Waals surface area contributed by atoms with Gasteiger partial charge in [-0.2, -0.15) is 0 Å². The van der Waals surface area contributed by atoms with Gasteiger partial charge in [0, 0.05) is 0 Å². The van der Waals surface area contributed by atoms with E-state index >= 15 is 0 Å². The van der Waals surface area contributed by atoms with E-state index in [1.807, 2.05) is 11.6 Å². The summed E-state index contributed by atoms with van der Waals surface area (Å²) in [5.74, 6) is -0.168. The van der Waals surface area contributed by atoms with Crippen molar-refractivity contribution in [2.45, 2.75) is 31.6 Å². The molecule has 1 aromatic carbocycles. The van der Waals surface area contributed by atoms with Crippen LogP contribution < -0.4 is 20.3 Å². The Morgan fingerprint density at radius 1 is 1.29 bits per heavy atom. The maximum atomic E-state index is 12.1. The van der Waals surface area contributed by atoms with Gasteiger partial charge in [0.1, 0.15) is 22.0 Å². The molecule has 8 heteroatoms. The monoisotopic (exact) mass is 316 g/mol. The highest BCUT2D eigenvalue weighted by molar-refractivity contribution is 7.90. The van der Waals surface area contributed by atoms with E-state index in [1.165, 1.54) is 7.11 Å². The number of hydrogen-bond donors (Lipinski definition) is 2. The predicted octanol–water partition coefficient (Wildman–Crippen LogP) is 1.64. The summed E-state index contributed by atoms with van der Waals surface area (Å²) in [5, 5.41) is 0. The molecule has 1 amide bonds. The molecular formula is C13H20N2O5S. The molecule has 0 saturated heterocycles. The first-order valence-corrected chi connectivity index (χ1v) is 7.88. The Labute approximate surface area is 124 Å². The summed E-state index contributed by atoms with van der Waals surface area (Å²) in [7, 11) is -2.49. The molecule has 0 radical (unpaired) electrons. The van der Waals surface area contributed by atoms with Crippen molar-refractivity contribution in [1.29, 1.82) is 0 Å². The van der Waals surface area contributed by atoms with Crippen LogP contribution in [0.1, 0.15) is 36.2 Å². The molecule has 0 saturated carbocycles. The van der Waals surface area contributed by atoms with Crippen molar-refractivity contribution in [2.75, 3.05) is 13.7 Å². The molecule has 0 spiro atoms. The maximum absolute atomic E-state index is 12.1. The zero-order valence-electron chi connectivity index (χ0n) is 12.4. The second-order valence-corrected chi connectivity index (χ2v) is 6.01. The van der Waals surface area contributed by atoms with Crippen molar-refractivity contribution >= 4 is 15.9 Å². The number of ether oxygens (including phenoxy) is 2. The lowest BCUT2D eigenvalue weighted by Crippen LogP contribution is -2.21. The molecule has 0 bridgehead atoms. The number of benzene rings is 1. The highest BCUT2D eigenvalue weighted by atomic mass is 32.2. The Hall–Kier alpha value is -1.80. The molecular weight excluding hydrogens is 296 g/mol. The van der Waals surface area contributed by atoms with Crippen LogP contribution in [-0.4, -0.2) is 28.0 Å². The van der Waals surface area contributed by atoms with Gasteiger partial charge in [0.25, 0.3) is 15.9 Å². The van der Waals surface area contributed by atoms with E-state index in [0.717, 1.165) is 12.0 Å². The summed E-state index contributed by atoms with van der Waals surface area (Å²) < 4.78 is 36.8. The van der Waals surface area contributed by atoms with Gasteiger partial charge in [-0.05, 0) is 25.0 Å². The topological polar surface area (TPSA) is 117 Å². The molecule has 1 aliphatic rings. The molecule has 0 aromatic heterocycles. The molecule has 1 heterocycles. The number of fused-ring (bicyclic) bond motifs is 1. The van der Waals surface area contributed by atoms with Crippen LogP contribution in [0.2, 0.25) is 0 Å². The van der Waals surface area contributed by atoms with Crippen molar-refractivity contribution in [3.63, 3.8) is 0 Å². The largest absolute Gasteiger partial charge is 0.495 e. The number of rotatable bonds is 5. The Morgan fingerprint density at radius 2 is 1.95 bits per heavy atom. The number of nitrogens with one attached hydrogen (secondary N) is 1. The molecule has 4 N–H and O–H groups in total. The third kappa shape index (κ3) is 2.81. The summed E-state index contributed by atoms with van der Waals surface area (Å²) in [6.45, 7) is 4.10. The fourth-order valence-corrected chi connectivity index (χ4v) is 3.68. The fraction of sp³-hybridized carbons (Fsp3) is 0.462. The van der Waals surface area contributed by atoms with Crippen molar-refractivity contribution < 1.29 is 22.7 Å². The van der Waals surface area contributed by atoms with E-state index in [2.05, 4.69) is 0 Å². The second-order valence-electron chi connectivity index (χ2n) is 4.39. The molecule has 118 valence electrons. The molecule has 1 aliphatic heterocycles. The van der Waals surface area contributed by atoms with Crippen LogP contribution >= 0.6 is 0 Å². The number of aryl methyl sites for hydroxylation is 1. The Morgan fingerprint density at radius 3 is 2.48 bits per heavy atom. The van der Waals surface area contributed by atoms with Gasteiger partial charge in [0.15, 0.2) is 0 Å². The number of sulfonamides is 1. The van der Waals surface area contributed by atoms with Crippen LogP contribution in [0.5, 0.6) is 11.5 Å². The quantitative estimate of drug-likeness (QED) is 0.853. The lowest BCUT2D eigenvalue weighted by molar-refractivity contribution is 0.0981. The van der Waals surface area contributed by atoms with Crippen molar-refractivity contribution in [2.24, 2.45) is 0 Å². The minimum atomic E-state index is -3.88. The van der Waals surface area contributed by atoms with Gasteiger partial charge in [-0.3, -0.25) is 4.79 Å². The van der Waals surface area contributed by atoms with Gasteiger partial charge >= 0.3 is 0 Å². The molecule has 0 fully saturated rings. The van der Waals surface area contributed by atoms with E-state index in [9.17, 15) is 13.2 Å². The molecule has 1 aromatic rings. The minimum absolute atomic E-state index is 0. The summed E-state index contributed by atoms with van der Waals surface area (Å²) in [6, 6.07) is 1.69. The average molecular weight is 316 g/mol. The average Bonchev–Trinajstić information content (AvgIpc) is 2.61. The lowest BCUT2D eigenvalue weighted by atomic mass is 10.0. The summed E-state index contributed by atoms with van der Waals surface area (Å²) in [5.41, 5.74) is 0.751. The van der Waals surface area contributed by atoms with Crippen LogP contribution in [0.4, 0.5) is 0 Å². The Kier molecular flexibility index (Phi) is 5.19. The highest BCUT2D eigenvalue weighted by Gasteiger charge is 2.40. The van der Waals surface area contributed by atoms with Crippen molar-refractivity contribution in [3.05, 3.63) is 17.2 Å². The predicted molar refractivity (Wildman–Crippen MR) is 77.8 cm³/mol. The first-order chi connectivity index (χ1) is 9.46. The van der Waals surface area contributed by atoms with Gasteiger partial charge in [0.05, 0.1) is 13.7 Å². The highest BCUT2D eigenvalue weighted by Crippen LogP contribution is 2.41. The number of carbonyl (C=O) groups is 1. The zero-order valence-corrected chi connectivity index (χ0v) is 13.2. The molecule has 0 unspecified atom stereocenters. The molecule has 0 aliphatic carbocycles. The Balaban J connectivity index is 0.00000220. The normalized spacial score (nSPS) is 14.9. The summed E-state index contributed by atoms with van der Waals surface area (Å²) in [4.78, 5) is 11.8. The number of amides is 1. The number of methoxy groups -OCH3 is 1. The smallest absolute Gasteiger partial charge is 0.270 e. The molecule has 0 atom stereocenters. The Bertz CT molecular complexity index is 655. The van der Waals surface area contributed by atoms with Gasteiger partial charge < -0.3 is 15.6 Å². The maximum Gasteiger partial charge on any atom is 0.270 e. The second kappa shape index (κ2) is 6.31. The van der Waals surface area contributed by atoms with Crippen molar-refractivity contribution in [1.82, 2.24) is 10.9 Å². The van der Waals surface area contributed by atoms with Gasteiger partial charge in [-0.25, -0.2) is 13.1 Å². The summed E-state index contributed by atoms with van der Waals surface area (Å²) >= 11 is 0. The standard InChI is InChI=1S/C13H17NO5S.H3N/c1-4-6-8-7-9(19-5-2)10-12(11(8)18-3)20(16,17)14-13(10)15;/h7H,4-6H2,1-3H3,(H,14,15);1H3. The van der Waals surface area contributed by atoms with E-state index in [-0.39, 0.29) is 28.1 Å². The lowest BCUT2D eigenvalue weighted by Gasteiger charge is -2.14. The van der Waals surface area contributed by atoms with E-state index in [0.29, 0.717) is 13.0 Å². The third-order valence-electron chi connectivity index (χ3n) is 3.02. The molecule has 2 rings (SSSR count). The van der Waals surface area contributed by atoms with Crippen LogP contribution in [-0.2, 0) is 16.4 Å². The fourth-order valence-electron chi connectivity index (χ4n) is 2.31. The van der Waals surface area contributed by atoms with E-state index in [1.54, 1.807) is 13.0 Å². The molecule has 21 heavy (non-hydrogen) atoms. The van der Waals surface area contributed by atoms with Crippen LogP contribution in [0.25, 0.3) is 0 Å². The first-order valence-electron chi connectivity index (χ1n) is 6.40. The molecule has 7 nitrogen and oxygen atoms in total. The van der Waals surface area contributed by atoms with Crippen LogP contribution in [0.3, 0.4) is 0 Å². The van der Waals surface area contributed by atoms with Gasteiger partial charge in [-0.1, -0.05) is 13.3 Å². The summed E-state index contributed by atoms with van der Waals surface area (Å²) in [6.07, 6.45) is 1.46. The zero-order chi connectivity index (χ0) is 14.9.